The van der Waals surface area contributed by atoms with Gasteiger partial charge in [-0.05, 0) is 42.4 Å². The molecule has 2 saturated carbocycles. The first-order valence-electron chi connectivity index (χ1n) is 6.80. The largest absolute Gasteiger partial charge is 0.384 e. The summed E-state index contributed by atoms with van der Waals surface area (Å²) in [4.78, 5) is 0. The molecular weight excluding hydrogens is 198 g/mol. The molecule has 0 aromatic rings. The summed E-state index contributed by atoms with van der Waals surface area (Å²) in [6.45, 7) is 8.95. The van der Waals surface area contributed by atoms with Crippen molar-refractivity contribution in [3.8, 4) is 0 Å². The molecule has 0 amide bonds. The maximum absolute atomic E-state index is 5.37. The predicted octanol–water partition coefficient (Wildman–Crippen LogP) is 2.68. The topological polar surface area (TPSA) is 21.3 Å². The second-order valence-corrected chi connectivity index (χ2v) is 6.42. The second-order valence-electron chi connectivity index (χ2n) is 6.42. The fraction of sp³-hybridized carbons (Fsp3) is 1.00. The van der Waals surface area contributed by atoms with Gasteiger partial charge in [0.15, 0.2) is 0 Å². The lowest BCUT2D eigenvalue weighted by atomic mass is 9.72. The molecule has 3 atom stereocenters. The van der Waals surface area contributed by atoms with E-state index in [4.69, 9.17) is 4.74 Å². The molecule has 0 spiro atoms. The molecule has 0 aromatic carbocycles. The number of fused-ring (bicyclic) bond motifs is 1. The number of hydrogen-bond donors (Lipinski definition) is 1. The lowest BCUT2D eigenvalue weighted by molar-refractivity contribution is 0.0623. The average Bonchev–Trinajstić information content (AvgIpc) is 2.84. The van der Waals surface area contributed by atoms with Crippen LogP contribution in [0.15, 0.2) is 0 Å². The van der Waals surface area contributed by atoms with Gasteiger partial charge in [-0.15, -0.1) is 0 Å². The van der Waals surface area contributed by atoms with Gasteiger partial charge in [-0.1, -0.05) is 20.8 Å². The molecule has 0 aliphatic heterocycles. The molecule has 2 heteroatoms. The van der Waals surface area contributed by atoms with E-state index in [1.807, 2.05) is 7.11 Å². The third kappa shape index (κ3) is 2.43. The third-order valence-corrected chi connectivity index (χ3v) is 4.73. The van der Waals surface area contributed by atoms with E-state index >= 15 is 0 Å². The fourth-order valence-corrected chi connectivity index (χ4v) is 3.49. The van der Waals surface area contributed by atoms with Crippen LogP contribution in [-0.4, -0.2) is 26.3 Å². The minimum atomic E-state index is 0.522. The summed E-state index contributed by atoms with van der Waals surface area (Å²) in [5, 5.41) is 3.65. The van der Waals surface area contributed by atoms with Crippen molar-refractivity contribution in [2.75, 3.05) is 20.3 Å². The fourth-order valence-electron chi connectivity index (χ4n) is 3.49. The van der Waals surface area contributed by atoms with Gasteiger partial charge < -0.3 is 10.1 Å². The standard InChI is InChI=1S/C14H27NO/c1-10(2)15-9-14(11(3)8-16-4)6-12-5-13(12)7-14/h10-13,15H,5-9H2,1-4H3. The van der Waals surface area contributed by atoms with Gasteiger partial charge in [0.2, 0.25) is 0 Å². The molecule has 0 bridgehead atoms. The van der Waals surface area contributed by atoms with Crippen LogP contribution in [0.5, 0.6) is 0 Å². The molecule has 16 heavy (non-hydrogen) atoms. The van der Waals surface area contributed by atoms with E-state index in [1.54, 1.807) is 0 Å². The van der Waals surface area contributed by atoms with Crippen molar-refractivity contribution >= 4 is 0 Å². The van der Waals surface area contributed by atoms with Crippen LogP contribution in [0.1, 0.15) is 40.0 Å². The third-order valence-electron chi connectivity index (χ3n) is 4.73. The zero-order valence-corrected chi connectivity index (χ0v) is 11.3. The van der Waals surface area contributed by atoms with Crippen LogP contribution in [0, 0.1) is 23.2 Å². The van der Waals surface area contributed by atoms with E-state index in [2.05, 4.69) is 26.1 Å². The summed E-state index contributed by atoms with van der Waals surface area (Å²) >= 11 is 0. The molecule has 94 valence electrons. The molecule has 2 aliphatic rings. The minimum absolute atomic E-state index is 0.522. The summed E-state index contributed by atoms with van der Waals surface area (Å²) in [6, 6.07) is 0.601. The van der Waals surface area contributed by atoms with Crippen LogP contribution >= 0.6 is 0 Å². The van der Waals surface area contributed by atoms with E-state index in [1.165, 1.54) is 25.8 Å². The first-order chi connectivity index (χ1) is 7.57. The molecule has 3 unspecified atom stereocenters. The Hall–Kier alpha value is -0.0800. The Morgan fingerprint density at radius 1 is 1.25 bits per heavy atom. The van der Waals surface area contributed by atoms with Crippen LogP contribution in [0.4, 0.5) is 0 Å². The highest BCUT2D eigenvalue weighted by atomic mass is 16.5. The van der Waals surface area contributed by atoms with Crippen molar-refractivity contribution in [1.29, 1.82) is 0 Å². The highest BCUT2D eigenvalue weighted by Crippen LogP contribution is 2.62. The molecule has 0 saturated heterocycles. The summed E-state index contributed by atoms with van der Waals surface area (Å²) in [5.74, 6) is 2.79. The first-order valence-corrected chi connectivity index (χ1v) is 6.80. The van der Waals surface area contributed by atoms with E-state index in [0.717, 1.165) is 18.4 Å². The van der Waals surface area contributed by atoms with Gasteiger partial charge in [0.25, 0.3) is 0 Å². The molecule has 2 nitrogen and oxygen atoms in total. The lowest BCUT2D eigenvalue weighted by Crippen LogP contribution is -2.42. The molecule has 0 heterocycles. The Morgan fingerprint density at radius 2 is 1.88 bits per heavy atom. The van der Waals surface area contributed by atoms with Gasteiger partial charge in [0, 0.05) is 26.3 Å². The van der Waals surface area contributed by atoms with E-state index in [-0.39, 0.29) is 0 Å². The first kappa shape index (κ1) is 12.4. The monoisotopic (exact) mass is 225 g/mol. The Morgan fingerprint density at radius 3 is 2.38 bits per heavy atom. The van der Waals surface area contributed by atoms with Gasteiger partial charge in [-0.3, -0.25) is 0 Å². The van der Waals surface area contributed by atoms with Gasteiger partial charge in [-0.2, -0.15) is 0 Å². The molecule has 0 aromatic heterocycles. The Bertz CT molecular complexity index is 229. The van der Waals surface area contributed by atoms with E-state index < -0.39 is 0 Å². The average molecular weight is 225 g/mol. The molecule has 1 N–H and O–H groups in total. The summed E-state index contributed by atoms with van der Waals surface area (Å²) in [6.07, 6.45) is 4.37. The number of hydrogen-bond acceptors (Lipinski definition) is 2. The molecular formula is C14H27NO. The summed E-state index contributed by atoms with van der Waals surface area (Å²) < 4.78 is 5.37. The maximum atomic E-state index is 5.37. The van der Waals surface area contributed by atoms with Crippen molar-refractivity contribution < 1.29 is 4.74 Å². The Balaban J connectivity index is 1.95. The summed E-state index contributed by atoms with van der Waals surface area (Å²) in [5.41, 5.74) is 0.522. The van der Waals surface area contributed by atoms with E-state index in [9.17, 15) is 0 Å². The van der Waals surface area contributed by atoms with Gasteiger partial charge >= 0.3 is 0 Å². The SMILES string of the molecule is COCC(C)C1(CNC(C)C)CC2CC2C1. The van der Waals surface area contributed by atoms with Crippen molar-refractivity contribution in [2.24, 2.45) is 23.2 Å². The normalized spacial score (nSPS) is 38.8. The van der Waals surface area contributed by atoms with Crippen molar-refractivity contribution in [3.05, 3.63) is 0 Å². The number of ether oxygens (including phenoxy) is 1. The number of methoxy groups -OCH3 is 1. The van der Waals surface area contributed by atoms with Gasteiger partial charge in [-0.25, -0.2) is 0 Å². The van der Waals surface area contributed by atoms with Crippen LogP contribution in [0.25, 0.3) is 0 Å². The Labute approximate surface area is 100 Å². The molecule has 2 rings (SSSR count). The minimum Gasteiger partial charge on any atom is -0.384 e. The van der Waals surface area contributed by atoms with Crippen molar-refractivity contribution in [1.82, 2.24) is 5.32 Å². The number of nitrogens with one attached hydrogen (secondary N) is 1. The van der Waals surface area contributed by atoms with Crippen molar-refractivity contribution in [3.63, 3.8) is 0 Å². The van der Waals surface area contributed by atoms with Crippen molar-refractivity contribution in [2.45, 2.75) is 46.1 Å². The van der Waals surface area contributed by atoms with Gasteiger partial charge in [0.05, 0.1) is 0 Å². The Kier molecular flexibility index (Phi) is 3.60. The van der Waals surface area contributed by atoms with Gasteiger partial charge in [0.1, 0.15) is 0 Å². The predicted molar refractivity (Wildman–Crippen MR) is 67.4 cm³/mol. The second kappa shape index (κ2) is 4.66. The lowest BCUT2D eigenvalue weighted by Gasteiger charge is -2.38. The maximum Gasteiger partial charge on any atom is 0.0493 e. The van der Waals surface area contributed by atoms with Crippen LogP contribution in [0.3, 0.4) is 0 Å². The zero-order chi connectivity index (χ0) is 11.8. The van der Waals surface area contributed by atoms with Crippen LogP contribution < -0.4 is 5.32 Å². The van der Waals surface area contributed by atoms with Crippen LogP contribution in [0.2, 0.25) is 0 Å². The molecule has 0 radical (unpaired) electrons. The molecule has 2 aliphatic carbocycles. The highest BCUT2D eigenvalue weighted by molar-refractivity contribution is 5.05. The number of rotatable bonds is 6. The van der Waals surface area contributed by atoms with E-state index in [0.29, 0.717) is 17.4 Å². The van der Waals surface area contributed by atoms with Crippen LogP contribution in [-0.2, 0) is 4.74 Å². The smallest absolute Gasteiger partial charge is 0.0493 e. The zero-order valence-electron chi connectivity index (χ0n) is 11.3. The highest BCUT2D eigenvalue weighted by Gasteiger charge is 2.55. The quantitative estimate of drug-likeness (QED) is 0.750. The summed E-state index contributed by atoms with van der Waals surface area (Å²) in [7, 11) is 1.83. The molecule has 2 fully saturated rings.